The smallest absolute Gasteiger partial charge is 0.234 e. The molecule has 2 aliphatic heterocycles. The minimum Gasteiger partial charge on any atom is -0.354 e. The lowest BCUT2D eigenvalue weighted by Gasteiger charge is -2.35. The highest BCUT2D eigenvalue weighted by atomic mass is 16.2. The number of nitrogens with one attached hydrogen (secondary N) is 1. The fourth-order valence-electron chi connectivity index (χ4n) is 5.11. The lowest BCUT2D eigenvalue weighted by atomic mass is 9.95. The van der Waals surface area contributed by atoms with Crippen LogP contribution in [-0.4, -0.2) is 69.5 Å². The van der Waals surface area contributed by atoms with Gasteiger partial charge in [0.25, 0.3) is 0 Å². The Morgan fingerprint density at radius 3 is 2.55 bits per heavy atom. The summed E-state index contributed by atoms with van der Waals surface area (Å²) in [6.45, 7) is 6.08. The van der Waals surface area contributed by atoms with Crippen LogP contribution in [0.3, 0.4) is 0 Å². The molecule has 3 aliphatic rings. The summed E-state index contributed by atoms with van der Waals surface area (Å²) in [6.07, 6.45) is 6.94. The molecule has 2 aromatic rings. The van der Waals surface area contributed by atoms with Crippen molar-refractivity contribution in [2.75, 3.05) is 32.7 Å². The van der Waals surface area contributed by atoms with Crippen molar-refractivity contribution < 1.29 is 4.79 Å². The zero-order valence-corrected chi connectivity index (χ0v) is 17.0. The quantitative estimate of drug-likeness (QED) is 0.822. The van der Waals surface area contributed by atoms with Crippen molar-refractivity contribution in [1.82, 2.24) is 30.1 Å². The van der Waals surface area contributed by atoms with Gasteiger partial charge in [-0.2, -0.15) is 0 Å². The Labute approximate surface area is 172 Å². The maximum Gasteiger partial charge on any atom is 0.234 e. The summed E-state index contributed by atoms with van der Waals surface area (Å²) in [5, 5.41) is 11.5. The molecule has 2 saturated heterocycles. The number of aromatic nitrogens is 3. The summed E-state index contributed by atoms with van der Waals surface area (Å²) in [6, 6.07) is 9.61. The SMILES string of the molecule is O=C1CN(Cc2cn(CC3CCN(C4Cc5ccccc5C4)CC3)nn2)CCN1. The van der Waals surface area contributed by atoms with E-state index in [1.54, 1.807) is 11.1 Å². The summed E-state index contributed by atoms with van der Waals surface area (Å²) in [5.74, 6) is 0.770. The molecular formula is C22H30N6O. The number of amides is 1. The predicted molar refractivity (Wildman–Crippen MR) is 110 cm³/mol. The van der Waals surface area contributed by atoms with E-state index in [0.29, 0.717) is 25.0 Å². The highest BCUT2D eigenvalue weighted by Gasteiger charge is 2.30. The summed E-state index contributed by atoms with van der Waals surface area (Å²) in [4.78, 5) is 16.3. The second kappa shape index (κ2) is 8.24. The molecule has 0 atom stereocenters. The molecule has 0 unspecified atom stereocenters. The molecule has 1 N–H and O–H groups in total. The Bertz CT molecular complexity index is 831. The molecule has 2 fully saturated rings. The molecule has 154 valence electrons. The zero-order chi connectivity index (χ0) is 19.6. The molecule has 3 heterocycles. The number of benzene rings is 1. The maximum atomic E-state index is 11.5. The lowest BCUT2D eigenvalue weighted by Crippen LogP contribution is -2.47. The number of fused-ring (bicyclic) bond motifs is 1. The summed E-state index contributed by atoms with van der Waals surface area (Å²) in [5.41, 5.74) is 4.04. The minimum atomic E-state index is 0.0979. The normalized spacial score (nSPS) is 22.0. The number of likely N-dealkylation sites (tertiary alicyclic amines) is 1. The van der Waals surface area contributed by atoms with E-state index in [-0.39, 0.29) is 5.91 Å². The van der Waals surface area contributed by atoms with Gasteiger partial charge in [-0.05, 0) is 55.8 Å². The van der Waals surface area contributed by atoms with Crippen molar-refractivity contribution >= 4 is 5.91 Å². The number of nitrogens with zero attached hydrogens (tertiary/aromatic N) is 5. The zero-order valence-electron chi connectivity index (χ0n) is 17.0. The van der Waals surface area contributed by atoms with Gasteiger partial charge in [-0.1, -0.05) is 29.5 Å². The van der Waals surface area contributed by atoms with Gasteiger partial charge in [0.15, 0.2) is 0 Å². The number of hydrogen-bond acceptors (Lipinski definition) is 5. The molecule has 1 aromatic carbocycles. The fourth-order valence-corrected chi connectivity index (χ4v) is 5.11. The first-order valence-electron chi connectivity index (χ1n) is 10.9. The van der Waals surface area contributed by atoms with Gasteiger partial charge in [-0.15, -0.1) is 5.10 Å². The number of rotatable bonds is 5. The molecule has 0 radical (unpaired) electrons. The molecule has 7 nitrogen and oxygen atoms in total. The van der Waals surface area contributed by atoms with Crippen molar-refractivity contribution in [1.29, 1.82) is 0 Å². The van der Waals surface area contributed by atoms with Crippen molar-refractivity contribution in [3.05, 3.63) is 47.3 Å². The van der Waals surface area contributed by atoms with Crippen molar-refractivity contribution in [2.45, 2.75) is 44.8 Å². The Balaban J connectivity index is 1.09. The maximum absolute atomic E-state index is 11.5. The van der Waals surface area contributed by atoms with Gasteiger partial charge in [0.2, 0.25) is 5.91 Å². The van der Waals surface area contributed by atoms with E-state index in [1.165, 1.54) is 38.8 Å². The van der Waals surface area contributed by atoms with Gasteiger partial charge >= 0.3 is 0 Å². The molecule has 0 bridgehead atoms. The molecule has 1 amide bonds. The Morgan fingerprint density at radius 1 is 1.07 bits per heavy atom. The average molecular weight is 395 g/mol. The Kier molecular flexibility index (Phi) is 5.33. The van der Waals surface area contributed by atoms with Crippen molar-refractivity contribution in [2.24, 2.45) is 5.92 Å². The van der Waals surface area contributed by atoms with Gasteiger partial charge in [0.1, 0.15) is 0 Å². The number of carbonyl (C=O) groups excluding carboxylic acids is 1. The third-order valence-electron chi connectivity index (χ3n) is 6.73. The van der Waals surface area contributed by atoms with Gasteiger partial charge in [-0.3, -0.25) is 19.3 Å². The van der Waals surface area contributed by atoms with Crippen LogP contribution in [0.15, 0.2) is 30.5 Å². The fraction of sp³-hybridized carbons (Fsp3) is 0.591. The van der Waals surface area contributed by atoms with Crippen LogP contribution in [0, 0.1) is 5.92 Å². The summed E-state index contributed by atoms with van der Waals surface area (Å²) < 4.78 is 2.01. The molecule has 0 saturated carbocycles. The Morgan fingerprint density at radius 2 is 1.83 bits per heavy atom. The molecular weight excluding hydrogens is 364 g/mol. The number of piperidine rings is 1. The average Bonchev–Trinajstić information content (AvgIpc) is 3.35. The highest BCUT2D eigenvalue weighted by Crippen LogP contribution is 2.29. The second-order valence-electron chi connectivity index (χ2n) is 8.80. The lowest BCUT2D eigenvalue weighted by molar-refractivity contribution is -0.124. The van der Waals surface area contributed by atoms with Crippen LogP contribution in [-0.2, 0) is 30.7 Å². The van der Waals surface area contributed by atoms with E-state index in [1.807, 2.05) is 4.68 Å². The number of carbonyl (C=O) groups is 1. The van der Waals surface area contributed by atoms with E-state index in [0.717, 1.165) is 25.3 Å². The molecule has 29 heavy (non-hydrogen) atoms. The second-order valence-corrected chi connectivity index (χ2v) is 8.80. The largest absolute Gasteiger partial charge is 0.354 e. The molecule has 1 aliphatic carbocycles. The monoisotopic (exact) mass is 394 g/mol. The van der Waals surface area contributed by atoms with Crippen LogP contribution in [0.5, 0.6) is 0 Å². The van der Waals surface area contributed by atoms with Crippen LogP contribution in [0.2, 0.25) is 0 Å². The van der Waals surface area contributed by atoms with Crippen LogP contribution < -0.4 is 5.32 Å². The van der Waals surface area contributed by atoms with Gasteiger partial charge in [-0.25, -0.2) is 0 Å². The summed E-state index contributed by atoms with van der Waals surface area (Å²) in [7, 11) is 0. The first kappa shape index (κ1) is 18.8. The number of hydrogen-bond donors (Lipinski definition) is 1. The highest BCUT2D eigenvalue weighted by molar-refractivity contribution is 5.78. The molecule has 1 aromatic heterocycles. The molecule has 5 rings (SSSR count). The summed E-state index contributed by atoms with van der Waals surface area (Å²) >= 11 is 0. The van der Waals surface area contributed by atoms with Crippen LogP contribution >= 0.6 is 0 Å². The third-order valence-corrected chi connectivity index (χ3v) is 6.73. The molecule has 0 spiro atoms. The molecule has 7 heteroatoms. The van der Waals surface area contributed by atoms with E-state index < -0.39 is 0 Å². The van der Waals surface area contributed by atoms with E-state index >= 15 is 0 Å². The first-order valence-corrected chi connectivity index (χ1v) is 10.9. The van der Waals surface area contributed by atoms with Crippen molar-refractivity contribution in [3.63, 3.8) is 0 Å². The van der Waals surface area contributed by atoms with E-state index in [9.17, 15) is 4.79 Å². The standard InChI is InChI=1S/C22H30N6O/c29-22-16-26(10-7-23-22)14-20-15-28(25-24-20)13-17-5-8-27(9-6-17)21-11-18-3-1-2-4-19(18)12-21/h1-4,15,17,21H,5-14,16H2,(H,23,29). The van der Waals surface area contributed by atoms with Crippen LogP contribution in [0.4, 0.5) is 0 Å². The van der Waals surface area contributed by atoms with Gasteiger partial charge < -0.3 is 5.32 Å². The topological polar surface area (TPSA) is 66.3 Å². The van der Waals surface area contributed by atoms with Crippen molar-refractivity contribution in [3.8, 4) is 0 Å². The first-order chi connectivity index (χ1) is 14.2. The van der Waals surface area contributed by atoms with Gasteiger partial charge in [0, 0.05) is 38.4 Å². The predicted octanol–water partition coefficient (Wildman–Crippen LogP) is 1.09. The van der Waals surface area contributed by atoms with E-state index in [2.05, 4.69) is 55.9 Å². The van der Waals surface area contributed by atoms with E-state index in [4.69, 9.17) is 0 Å². The van der Waals surface area contributed by atoms with Gasteiger partial charge in [0.05, 0.1) is 12.2 Å². The number of piperazine rings is 1. The third kappa shape index (κ3) is 4.36. The van der Waals surface area contributed by atoms with Crippen LogP contribution in [0.1, 0.15) is 29.7 Å². The minimum absolute atomic E-state index is 0.0979. The van der Waals surface area contributed by atoms with Crippen LogP contribution in [0.25, 0.3) is 0 Å². The Hall–Kier alpha value is -2.25.